The minimum Gasteiger partial charge on any atom is -0.254 e. The summed E-state index contributed by atoms with van der Waals surface area (Å²) < 4.78 is 0.926. The van der Waals surface area contributed by atoms with Gasteiger partial charge < -0.3 is 0 Å². The first-order valence-electron chi connectivity index (χ1n) is 6.73. The molecule has 3 rings (SSSR count). The Morgan fingerprint density at radius 1 is 0.560 bits per heavy atom. The quantitative estimate of drug-likeness (QED) is 0.224. The first-order chi connectivity index (χ1) is 11.8. The predicted molar refractivity (Wildman–Crippen MR) is 118 cm³/mol. The number of pyridine rings is 1. The zero-order valence-electron chi connectivity index (χ0n) is 12.1. The number of aromatic nitrogens is 1. The van der Waals surface area contributed by atoms with Crippen LogP contribution in [0, 0.1) is 3.57 Å². The molecule has 0 aliphatic rings. The van der Waals surface area contributed by atoms with Gasteiger partial charge >= 0.3 is 0 Å². The van der Waals surface area contributed by atoms with E-state index in [1.165, 1.54) is 0 Å². The van der Waals surface area contributed by atoms with Crippen LogP contribution in [-0.2, 0) is 0 Å². The topological polar surface area (TPSA) is 12.9 Å². The number of hydrogen-bond acceptors (Lipinski definition) is 1. The summed E-state index contributed by atoms with van der Waals surface area (Å²) in [4.78, 5) is 4.52. The Labute approximate surface area is 188 Å². The molecule has 2 aromatic carbocycles. The van der Waals surface area contributed by atoms with Gasteiger partial charge in [-0.3, -0.25) is 4.98 Å². The van der Waals surface area contributed by atoms with E-state index < -0.39 is 0 Å². The summed E-state index contributed by atoms with van der Waals surface area (Å²) in [7, 11) is 0. The molecule has 0 unspecified atom stereocenters. The van der Waals surface area contributed by atoms with Crippen LogP contribution in [0.2, 0.25) is 30.1 Å². The molecule has 0 saturated carbocycles. The summed E-state index contributed by atoms with van der Waals surface area (Å²) in [5.74, 6) is 0. The highest BCUT2D eigenvalue weighted by molar-refractivity contribution is 14.1. The minimum absolute atomic E-state index is 0.370. The van der Waals surface area contributed by atoms with E-state index in [2.05, 4.69) is 27.6 Å². The van der Waals surface area contributed by atoms with Crippen molar-refractivity contribution in [2.75, 3.05) is 0 Å². The summed E-state index contributed by atoms with van der Waals surface area (Å²) in [6, 6.07) is 8.50. The molecule has 0 amide bonds. The third kappa shape index (κ3) is 4.16. The van der Waals surface area contributed by atoms with E-state index in [1.54, 1.807) is 30.5 Å². The van der Waals surface area contributed by atoms with E-state index in [1.807, 2.05) is 6.07 Å². The van der Waals surface area contributed by atoms with Gasteiger partial charge in [-0.1, -0.05) is 69.6 Å². The van der Waals surface area contributed by atoms with Gasteiger partial charge in [0, 0.05) is 26.5 Å². The molecule has 1 nitrogen and oxygen atoms in total. The van der Waals surface area contributed by atoms with Crippen LogP contribution < -0.4 is 0 Å². The Morgan fingerprint density at radius 3 is 1.64 bits per heavy atom. The highest BCUT2D eigenvalue weighted by Gasteiger charge is 2.18. The number of rotatable bonds is 2. The molecule has 0 atom stereocenters. The molecule has 0 spiro atoms. The lowest BCUT2D eigenvalue weighted by Gasteiger charge is -2.14. The van der Waals surface area contributed by atoms with Gasteiger partial charge in [-0.25, -0.2) is 0 Å². The second-order valence-corrected chi connectivity index (χ2v) is 8.73. The molecule has 0 radical (unpaired) electrons. The second kappa shape index (κ2) is 7.97. The number of hydrogen-bond donors (Lipinski definition) is 0. The lowest BCUT2D eigenvalue weighted by atomic mass is 9.99. The van der Waals surface area contributed by atoms with Gasteiger partial charge in [0.2, 0.25) is 0 Å². The van der Waals surface area contributed by atoms with Gasteiger partial charge in [-0.2, -0.15) is 0 Å². The smallest absolute Gasteiger partial charge is 0.0797 e. The van der Waals surface area contributed by atoms with Crippen molar-refractivity contribution in [1.82, 2.24) is 4.98 Å². The van der Waals surface area contributed by atoms with Crippen LogP contribution in [0.25, 0.3) is 22.4 Å². The standard InChI is InChI=1S/C17H6Cl6IN/c18-11-4-15(22)13(20)2-8(11)9-1-7(24)6-25-17(9)10-3-14(21)16(23)5-12(10)19/h1-6H. The Kier molecular flexibility index (Phi) is 6.32. The third-order valence-electron chi connectivity index (χ3n) is 3.42. The van der Waals surface area contributed by atoms with Crippen LogP contribution in [0.1, 0.15) is 0 Å². The molecule has 0 saturated heterocycles. The molecule has 1 aromatic heterocycles. The fraction of sp³-hybridized carbons (Fsp3) is 0. The van der Waals surface area contributed by atoms with E-state index >= 15 is 0 Å². The highest BCUT2D eigenvalue weighted by atomic mass is 127. The van der Waals surface area contributed by atoms with Crippen molar-refractivity contribution in [3.63, 3.8) is 0 Å². The maximum absolute atomic E-state index is 6.39. The van der Waals surface area contributed by atoms with E-state index in [0.717, 1.165) is 9.13 Å². The third-order valence-corrected chi connectivity index (χ3v) is 6.08. The van der Waals surface area contributed by atoms with Crippen LogP contribution in [0.5, 0.6) is 0 Å². The molecule has 0 bridgehead atoms. The van der Waals surface area contributed by atoms with Gasteiger partial charge in [0.1, 0.15) is 0 Å². The van der Waals surface area contributed by atoms with Crippen LogP contribution in [0.4, 0.5) is 0 Å². The van der Waals surface area contributed by atoms with Crippen LogP contribution in [-0.4, -0.2) is 4.98 Å². The predicted octanol–water partition coefficient (Wildman–Crippen LogP) is 8.94. The molecule has 1 heterocycles. The average Bonchev–Trinajstić information content (AvgIpc) is 2.54. The largest absolute Gasteiger partial charge is 0.254 e. The van der Waals surface area contributed by atoms with Gasteiger partial charge in [0.25, 0.3) is 0 Å². The first-order valence-corrected chi connectivity index (χ1v) is 10.1. The summed E-state index contributed by atoms with van der Waals surface area (Å²) in [5.41, 5.74) is 2.71. The SMILES string of the molecule is Clc1cc(Cl)c(-c2cc(I)cnc2-c2cc(Cl)c(Cl)cc2Cl)cc1Cl. The van der Waals surface area contributed by atoms with E-state index in [0.29, 0.717) is 47.0 Å². The van der Waals surface area contributed by atoms with Crippen molar-refractivity contribution >= 4 is 92.2 Å². The van der Waals surface area contributed by atoms with Crippen LogP contribution in [0.3, 0.4) is 0 Å². The van der Waals surface area contributed by atoms with Crippen molar-refractivity contribution in [3.8, 4) is 22.4 Å². The molecule has 128 valence electrons. The molecule has 0 aliphatic heterocycles. The Hall–Kier alpha value is 0.0600. The number of nitrogens with zero attached hydrogens (tertiary/aromatic N) is 1. The lowest BCUT2D eigenvalue weighted by molar-refractivity contribution is 1.31. The van der Waals surface area contributed by atoms with Crippen molar-refractivity contribution in [2.45, 2.75) is 0 Å². The molecule has 0 fully saturated rings. The fourth-order valence-corrected chi connectivity index (χ4v) is 4.03. The zero-order valence-corrected chi connectivity index (χ0v) is 18.8. The van der Waals surface area contributed by atoms with Crippen molar-refractivity contribution in [2.24, 2.45) is 0 Å². The van der Waals surface area contributed by atoms with Crippen molar-refractivity contribution < 1.29 is 0 Å². The molecule has 0 N–H and O–H groups in total. The lowest BCUT2D eigenvalue weighted by Crippen LogP contribution is -1.93. The van der Waals surface area contributed by atoms with Gasteiger partial charge in [-0.15, -0.1) is 0 Å². The van der Waals surface area contributed by atoms with Crippen LogP contribution >= 0.6 is 92.2 Å². The van der Waals surface area contributed by atoms with Crippen LogP contribution in [0.15, 0.2) is 36.5 Å². The monoisotopic (exact) mass is 561 g/mol. The Bertz CT molecular complexity index is 989. The molecule has 25 heavy (non-hydrogen) atoms. The average molecular weight is 564 g/mol. The van der Waals surface area contributed by atoms with Crippen molar-refractivity contribution in [3.05, 3.63) is 70.2 Å². The summed E-state index contributed by atoms with van der Waals surface area (Å²) in [6.45, 7) is 0. The Balaban J connectivity index is 2.32. The van der Waals surface area contributed by atoms with Gasteiger partial charge in [0.15, 0.2) is 0 Å². The van der Waals surface area contributed by atoms with Gasteiger partial charge in [0.05, 0.1) is 35.8 Å². The molecule has 0 aliphatic carbocycles. The van der Waals surface area contributed by atoms with E-state index in [9.17, 15) is 0 Å². The van der Waals surface area contributed by atoms with E-state index in [4.69, 9.17) is 69.6 Å². The second-order valence-electron chi connectivity index (χ2n) is 5.04. The first kappa shape index (κ1) is 19.8. The molecular weight excluding hydrogens is 558 g/mol. The maximum Gasteiger partial charge on any atom is 0.0797 e. The number of benzene rings is 2. The summed E-state index contributed by atoms with van der Waals surface area (Å²) >= 11 is 39.3. The number of halogens is 7. The van der Waals surface area contributed by atoms with E-state index in [-0.39, 0.29) is 0 Å². The Morgan fingerprint density at radius 2 is 1.04 bits per heavy atom. The maximum atomic E-state index is 6.39. The fourth-order valence-electron chi connectivity index (χ4n) is 2.29. The molecular formula is C17H6Cl6IN. The highest BCUT2D eigenvalue weighted by Crippen LogP contribution is 2.42. The zero-order chi connectivity index (χ0) is 18.3. The molecule has 8 heteroatoms. The molecule has 3 aromatic rings. The minimum atomic E-state index is 0.370. The van der Waals surface area contributed by atoms with Gasteiger partial charge in [-0.05, 0) is 52.9 Å². The summed E-state index contributed by atoms with van der Waals surface area (Å²) in [6.07, 6.45) is 1.73. The summed E-state index contributed by atoms with van der Waals surface area (Å²) in [5, 5.41) is 2.41. The van der Waals surface area contributed by atoms with Crippen molar-refractivity contribution in [1.29, 1.82) is 0 Å². The normalized spacial score (nSPS) is 11.0.